The van der Waals surface area contributed by atoms with Gasteiger partial charge in [0, 0.05) is 6.42 Å². The summed E-state index contributed by atoms with van der Waals surface area (Å²) in [4.78, 5) is 36.4. The first-order chi connectivity index (χ1) is 8.38. The molecule has 20 heavy (non-hydrogen) atoms. The van der Waals surface area contributed by atoms with Crippen LogP contribution in [-0.2, 0) is 32.6 Å². The van der Waals surface area contributed by atoms with Crippen LogP contribution in [0.2, 0.25) is 10.0 Å². The average Bonchev–Trinajstić information content (AvgIpc) is 2.20. The molecule has 0 bridgehead atoms. The largest absolute Gasteiger partial charge is 2.00 e. The number of hydrogen-bond acceptors (Lipinski definition) is 3. The molecule has 0 spiro atoms. The predicted molar refractivity (Wildman–Crippen MR) is 71.2 cm³/mol. The molecule has 1 radical (unpaired) electrons. The van der Waals surface area contributed by atoms with E-state index < -0.39 is 26.6 Å². The van der Waals surface area contributed by atoms with Crippen molar-refractivity contribution in [3.05, 3.63) is 33.8 Å². The van der Waals surface area contributed by atoms with Gasteiger partial charge in [-0.2, -0.15) is 0 Å². The Kier molecular flexibility index (Phi) is 6.97. The summed E-state index contributed by atoms with van der Waals surface area (Å²) in [7, 11) is -10.5. The molecule has 0 atom stereocenters. The van der Waals surface area contributed by atoms with Crippen LogP contribution in [0.5, 0.6) is 0 Å². The smallest absolute Gasteiger partial charge is 0.323 e. The molecule has 6 N–H and O–H groups in total. The topological polar surface area (TPSA) is 141 Å². The number of halogens is 2. The monoisotopic (exact) mass is 404 g/mol. The molecule has 0 aliphatic rings. The van der Waals surface area contributed by atoms with Crippen molar-refractivity contribution in [2.75, 3.05) is 0 Å². The molecule has 0 aliphatic carbocycles. The fourth-order valence-corrected chi connectivity index (χ4v) is 3.78. The van der Waals surface area contributed by atoms with Crippen LogP contribution in [0.25, 0.3) is 0 Å². The van der Waals surface area contributed by atoms with Crippen LogP contribution < -0.4 is 5.73 Å². The van der Waals surface area contributed by atoms with Crippen LogP contribution in [0.1, 0.15) is 5.56 Å². The van der Waals surface area contributed by atoms with Gasteiger partial charge in [-0.15, -0.1) is 0 Å². The summed E-state index contributed by atoms with van der Waals surface area (Å²) in [6.45, 7) is 0. The van der Waals surface area contributed by atoms with Crippen LogP contribution in [0.15, 0.2) is 18.2 Å². The number of rotatable bonds is 4. The minimum absolute atomic E-state index is 0. The summed E-state index contributed by atoms with van der Waals surface area (Å²) in [6.07, 6.45) is -0.752. The molecular formula is C8H11Cl2MnNO6P2+2. The van der Waals surface area contributed by atoms with Gasteiger partial charge in [0.25, 0.3) is 0 Å². The van der Waals surface area contributed by atoms with E-state index in [9.17, 15) is 9.13 Å². The Morgan fingerprint density at radius 2 is 1.50 bits per heavy atom. The molecule has 7 nitrogen and oxygen atoms in total. The van der Waals surface area contributed by atoms with Gasteiger partial charge in [0.05, 0.1) is 10.0 Å². The third kappa shape index (κ3) is 4.29. The quantitative estimate of drug-likeness (QED) is 0.378. The molecule has 0 saturated heterocycles. The molecule has 12 heteroatoms. The summed E-state index contributed by atoms with van der Waals surface area (Å²) < 4.78 is 22.5. The Labute approximate surface area is 135 Å². The standard InChI is InChI=1S/C8H11Cl2NO6P2.Mn/c9-6-2-1-5(3-7(6)10)4-8(11,18(12,13)14)19(15,16)17;/h1-3H,4,11H2,(H2,12,13,14)(H2,15,16,17);/q;+2. The maximum absolute atomic E-state index is 11.3. The predicted octanol–water partition coefficient (Wildman–Crippen LogP) is 1.50. The maximum Gasteiger partial charge on any atom is 2.00 e. The van der Waals surface area contributed by atoms with Gasteiger partial charge < -0.3 is 25.3 Å². The van der Waals surface area contributed by atoms with Crippen molar-refractivity contribution in [1.29, 1.82) is 0 Å². The van der Waals surface area contributed by atoms with Gasteiger partial charge in [0.15, 0.2) is 0 Å². The molecule has 0 unspecified atom stereocenters. The van der Waals surface area contributed by atoms with Crippen molar-refractivity contribution in [3.63, 3.8) is 0 Å². The molecule has 0 heterocycles. The fraction of sp³-hybridized carbons (Fsp3) is 0.250. The first kappa shape index (κ1) is 20.6. The summed E-state index contributed by atoms with van der Waals surface area (Å²) in [5, 5.41) is -2.73. The Morgan fingerprint density at radius 1 is 1.05 bits per heavy atom. The minimum Gasteiger partial charge on any atom is -0.323 e. The van der Waals surface area contributed by atoms with Gasteiger partial charge in [-0.1, -0.05) is 29.3 Å². The van der Waals surface area contributed by atoms with E-state index in [0.29, 0.717) is 0 Å². The van der Waals surface area contributed by atoms with E-state index in [1.165, 1.54) is 18.2 Å². The van der Waals surface area contributed by atoms with Crippen LogP contribution in [0, 0.1) is 0 Å². The van der Waals surface area contributed by atoms with E-state index in [1.54, 1.807) is 0 Å². The van der Waals surface area contributed by atoms with E-state index in [0.717, 1.165) is 0 Å². The third-order valence-electron chi connectivity index (χ3n) is 2.46. The zero-order valence-corrected chi connectivity index (χ0v) is 14.1. The number of hydrogen-bond donors (Lipinski definition) is 5. The van der Waals surface area contributed by atoms with Gasteiger partial charge >= 0.3 is 32.3 Å². The number of nitrogens with two attached hydrogens (primary N) is 1. The Hall–Kier alpha value is 0.579. The second-order valence-electron chi connectivity index (χ2n) is 3.89. The van der Waals surface area contributed by atoms with Gasteiger partial charge in [0.1, 0.15) is 0 Å². The van der Waals surface area contributed by atoms with Crippen molar-refractivity contribution in [3.8, 4) is 0 Å². The Balaban J connectivity index is 0.00000361. The van der Waals surface area contributed by atoms with E-state index in [1.807, 2.05) is 0 Å². The van der Waals surface area contributed by atoms with Gasteiger partial charge in [0.2, 0.25) is 5.02 Å². The van der Waals surface area contributed by atoms with Crippen LogP contribution in [0.4, 0.5) is 0 Å². The van der Waals surface area contributed by atoms with Crippen LogP contribution >= 0.6 is 38.4 Å². The van der Waals surface area contributed by atoms with Gasteiger partial charge in [-0.3, -0.25) is 9.13 Å². The first-order valence-corrected chi connectivity index (χ1v) is 8.70. The van der Waals surface area contributed by atoms with Crippen molar-refractivity contribution < 1.29 is 45.8 Å². The Morgan fingerprint density at radius 3 is 1.85 bits per heavy atom. The van der Waals surface area contributed by atoms with E-state index in [-0.39, 0.29) is 32.7 Å². The fourth-order valence-electron chi connectivity index (χ4n) is 1.33. The van der Waals surface area contributed by atoms with E-state index >= 15 is 0 Å². The molecule has 0 amide bonds. The summed E-state index contributed by atoms with van der Waals surface area (Å²) in [5.41, 5.74) is 5.41. The zero-order valence-electron chi connectivity index (χ0n) is 9.65. The summed E-state index contributed by atoms with van der Waals surface area (Å²) in [5.74, 6) is 0. The van der Waals surface area contributed by atoms with E-state index in [4.69, 9.17) is 48.5 Å². The molecule has 0 aromatic heterocycles. The van der Waals surface area contributed by atoms with Crippen LogP contribution in [0.3, 0.4) is 0 Å². The second kappa shape index (κ2) is 6.78. The molecule has 113 valence electrons. The summed E-state index contributed by atoms with van der Waals surface area (Å²) >= 11 is 11.4. The molecule has 1 aromatic rings. The second-order valence-corrected chi connectivity index (χ2v) is 8.83. The summed E-state index contributed by atoms with van der Waals surface area (Å²) in [6, 6.07) is 3.89. The maximum atomic E-state index is 11.3. The Bertz CT molecular complexity index is 566. The molecular weight excluding hydrogens is 394 g/mol. The van der Waals surface area contributed by atoms with Gasteiger partial charge in [-0.25, -0.2) is 0 Å². The zero-order chi connectivity index (χ0) is 15.1. The third-order valence-corrected chi connectivity index (χ3v) is 7.09. The van der Waals surface area contributed by atoms with Gasteiger partial charge in [-0.05, 0) is 17.7 Å². The van der Waals surface area contributed by atoms with Crippen molar-refractivity contribution >= 4 is 38.4 Å². The number of benzene rings is 1. The van der Waals surface area contributed by atoms with Crippen LogP contribution in [-0.4, -0.2) is 24.6 Å². The molecule has 0 saturated carbocycles. The molecule has 1 aromatic carbocycles. The molecule has 1 rings (SSSR count). The average molecular weight is 405 g/mol. The normalized spacial score (nSPS) is 12.9. The van der Waals surface area contributed by atoms with Crippen molar-refractivity contribution in [2.24, 2.45) is 5.73 Å². The first-order valence-electron chi connectivity index (χ1n) is 4.72. The molecule has 0 aliphatic heterocycles. The SMILES string of the molecule is NC(Cc1ccc(Cl)c(Cl)c1)(P(=O)(O)O)P(=O)(O)O.[Mn+2]. The molecule has 0 fully saturated rings. The van der Waals surface area contributed by atoms with E-state index in [2.05, 4.69) is 0 Å². The van der Waals surface area contributed by atoms with Crippen molar-refractivity contribution in [1.82, 2.24) is 0 Å². The minimum atomic E-state index is -5.26. The van der Waals surface area contributed by atoms with Crippen molar-refractivity contribution in [2.45, 2.75) is 11.4 Å².